The SMILES string of the molecule is O=C(O)COC1=COC(Cc2ccccc2)O1. The van der Waals surface area contributed by atoms with E-state index < -0.39 is 18.9 Å². The monoisotopic (exact) mass is 236 g/mol. The average molecular weight is 236 g/mol. The van der Waals surface area contributed by atoms with Crippen molar-refractivity contribution in [3.8, 4) is 0 Å². The van der Waals surface area contributed by atoms with Crippen LogP contribution in [0.25, 0.3) is 0 Å². The van der Waals surface area contributed by atoms with Gasteiger partial charge in [-0.05, 0) is 5.56 Å². The predicted molar refractivity (Wildman–Crippen MR) is 57.8 cm³/mol. The molecule has 1 aliphatic rings. The minimum Gasteiger partial charge on any atom is -0.479 e. The quantitative estimate of drug-likeness (QED) is 0.839. The second-order valence-corrected chi connectivity index (χ2v) is 3.49. The molecular weight excluding hydrogens is 224 g/mol. The van der Waals surface area contributed by atoms with Gasteiger partial charge in [-0.2, -0.15) is 0 Å². The Bertz CT molecular complexity index is 412. The zero-order valence-corrected chi connectivity index (χ0v) is 9.04. The van der Waals surface area contributed by atoms with Crippen molar-refractivity contribution in [2.45, 2.75) is 12.7 Å². The Morgan fingerprint density at radius 2 is 2.12 bits per heavy atom. The molecule has 0 saturated heterocycles. The molecule has 1 atom stereocenters. The van der Waals surface area contributed by atoms with Crippen LogP contribution < -0.4 is 0 Å². The van der Waals surface area contributed by atoms with Crippen LogP contribution >= 0.6 is 0 Å². The maximum atomic E-state index is 10.3. The Morgan fingerprint density at radius 3 is 2.82 bits per heavy atom. The molecule has 90 valence electrons. The summed E-state index contributed by atoms with van der Waals surface area (Å²) in [7, 11) is 0. The number of carboxylic acid groups (broad SMARTS) is 1. The van der Waals surface area contributed by atoms with Gasteiger partial charge in [0.05, 0.1) is 0 Å². The highest BCUT2D eigenvalue weighted by molar-refractivity contribution is 5.68. The van der Waals surface area contributed by atoms with Crippen molar-refractivity contribution in [3.05, 3.63) is 48.1 Å². The third-order valence-corrected chi connectivity index (χ3v) is 2.15. The van der Waals surface area contributed by atoms with Gasteiger partial charge in [-0.1, -0.05) is 30.3 Å². The fourth-order valence-electron chi connectivity index (χ4n) is 1.41. The second kappa shape index (κ2) is 5.25. The van der Waals surface area contributed by atoms with Crippen molar-refractivity contribution < 1.29 is 24.1 Å². The first kappa shape index (κ1) is 11.3. The van der Waals surface area contributed by atoms with E-state index in [1.165, 1.54) is 6.26 Å². The molecule has 1 unspecified atom stereocenters. The summed E-state index contributed by atoms with van der Waals surface area (Å²) in [6, 6.07) is 9.71. The normalized spacial score (nSPS) is 17.9. The van der Waals surface area contributed by atoms with Crippen LogP contribution in [-0.2, 0) is 25.4 Å². The molecule has 17 heavy (non-hydrogen) atoms. The van der Waals surface area contributed by atoms with Crippen LogP contribution in [0.5, 0.6) is 0 Å². The van der Waals surface area contributed by atoms with Gasteiger partial charge in [0.25, 0.3) is 0 Å². The van der Waals surface area contributed by atoms with Gasteiger partial charge in [0.15, 0.2) is 12.9 Å². The molecule has 0 radical (unpaired) electrons. The Labute approximate surface area is 98.2 Å². The molecule has 1 aliphatic heterocycles. The van der Waals surface area contributed by atoms with Crippen molar-refractivity contribution in [1.82, 2.24) is 0 Å². The third kappa shape index (κ3) is 3.41. The summed E-state index contributed by atoms with van der Waals surface area (Å²) < 4.78 is 15.3. The molecule has 1 heterocycles. The van der Waals surface area contributed by atoms with Gasteiger partial charge in [0.1, 0.15) is 0 Å². The Balaban J connectivity index is 1.79. The maximum Gasteiger partial charge on any atom is 0.341 e. The summed E-state index contributed by atoms with van der Waals surface area (Å²) >= 11 is 0. The van der Waals surface area contributed by atoms with E-state index in [9.17, 15) is 4.79 Å². The molecule has 1 aromatic carbocycles. The summed E-state index contributed by atoms with van der Waals surface area (Å²) in [5, 5.41) is 8.43. The molecule has 2 rings (SSSR count). The number of carboxylic acids is 1. The van der Waals surface area contributed by atoms with Gasteiger partial charge < -0.3 is 19.3 Å². The lowest BCUT2D eigenvalue weighted by atomic mass is 10.1. The van der Waals surface area contributed by atoms with Crippen molar-refractivity contribution in [2.24, 2.45) is 0 Å². The predicted octanol–water partition coefficient (Wildman–Crippen LogP) is 1.50. The zero-order valence-electron chi connectivity index (χ0n) is 9.04. The lowest BCUT2D eigenvalue weighted by molar-refractivity contribution is -0.144. The van der Waals surface area contributed by atoms with Gasteiger partial charge in [-0.15, -0.1) is 0 Å². The van der Waals surface area contributed by atoms with Crippen molar-refractivity contribution in [1.29, 1.82) is 0 Å². The Kier molecular flexibility index (Phi) is 3.49. The largest absolute Gasteiger partial charge is 0.479 e. The summed E-state index contributed by atoms with van der Waals surface area (Å²) in [4.78, 5) is 10.3. The molecule has 1 N–H and O–H groups in total. The smallest absolute Gasteiger partial charge is 0.341 e. The number of rotatable bonds is 5. The third-order valence-electron chi connectivity index (χ3n) is 2.15. The molecule has 5 heteroatoms. The highest BCUT2D eigenvalue weighted by atomic mass is 16.8. The minimum absolute atomic E-state index is 0.105. The highest BCUT2D eigenvalue weighted by Crippen LogP contribution is 2.18. The first-order chi connectivity index (χ1) is 8.24. The van der Waals surface area contributed by atoms with Crippen LogP contribution in [0, 0.1) is 0 Å². The number of ether oxygens (including phenoxy) is 3. The lowest BCUT2D eigenvalue weighted by Gasteiger charge is -2.11. The molecule has 0 amide bonds. The molecular formula is C12H12O5. The number of hydrogen-bond donors (Lipinski definition) is 1. The zero-order chi connectivity index (χ0) is 12.1. The second-order valence-electron chi connectivity index (χ2n) is 3.49. The molecule has 0 spiro atoms. The van der Waals surface area contributed by atoms with Gasteiger partial charge in [0.2, 0.25) is 6.29 Å². The number of carbonyl (C=O) groups is 1. The fraction of sp³-hybridized carbons (Fsp3) is 0.250. The van der Waals surface area contributed by atoms with Gasteiger partial charge in [-0.3, -0.25) is 0 Å². The van der Waals surface area contributed by atoms with Crippen LogP contribution in [0.3, 0.4) is 0 Å². The van der Waals surface area contributed by atoms with Crippen LogP contribution in [0.4, 0.5) is 0 Å². The van der Waals surface area contributed by atoms with Crippen LogP contribution in [0.1, 0.15) is 5.56 Å². The number of benzene rings is 1. The molecule has 5 nitrogen and oxygen atoms in total. The van der Waals surface area contributed by atoms with Crippen molar-refractivity contribution in [3.63, 3.8) is 0 Å². The summed E-state index contributed by atoms with van der Waals surface area (Å²) in [6.07, 6.45) is 1.41. The summed E-state index contributed by atoms with van der Waals surface area (Å²) in [5.74, 6) is -0.950. The molecule has 0 saturated carbocycles. The number of aliphatic carboxylic acids is 1. The molecule has 0 aliphatic carbocycles. The highest BCUT2D eigenvalue weighted by Gasteiger charge is 2.21. The molecule has 0 fully saturated rings. The summed E-state index contributed by atoms with van der Waals surface area (Å²) in [6.45, 7) is -0.437. The van der Waals surface area contributed by atoms with E-state index in [-0.39, 0.29) is 5.95 Å². The van der Waals surface area contributed by atoms with E-state index in [1.54, 1.807) is 0 Å². The van der Waals surface area contributed by atoms with Crippen molar-refractivity contribution in [2.75, 3.05) is 6.61 Å². The van der Waals surface area contributed by atoms with E-state index >= 15 is 0 Å². The van der Waals surface area contributed by atoms with Crippen LogP contribution in [-0.4, -0.2) is 24.0 Å². The van der Waals surface area contributed by atoms with E-state index in [2.05, 4.69) is 0 Å². The molecule has 1 aromatic rings. The number of hydrogen-bond acceptors (Lipinski definition) is 4. The van der Waals surface area contributed by atoms with Crippen LogP contribution in [0.15, 0.2) is 42.5 Å². The fourth-order valence-corrected chi connectivity index (χ4v) is 1.41. The summed E-state index contributed by atoms with van der Waals surface area (Å²) in [5.41, 5.74) is 1.07. The van der Waals surface area contributed by atoms with E-state index in [1.807, 2.05) is 30.3 Å². The van der Waals surface area contributed by atoms with E-state index in [0.717, 1.165) is 5.56 Å². The maximum absolute atomic E-state index is 10.3. The first-order valence-corrected chi connectivity index (χ1v) is 5.15. The van der Waals surface area contributed by atoms with Gasteiger partial charge in [0, 0.05) is 6.42 Å². The Hall–Kier alpha value is -2.17. The average Bonchev–Trinajstić information content (AvgIpc) is 2.75. The first-order valence-electron chi connectivity index (χ1n) is 5.15. The Morgan fingerprint density at radius 1 is 1.35 bits per heavy atom. The lowest BCUT2D eigenvalue weighted by Crippen LogP contribution is -2.14. The van der Waals surface area contributed by atoms with E-state index in [4.69, 9.17) is 19.3 Å². The minimum atomic E-state index is -1.05. The van der Waals surface area contributed by atoms with Gasteiger partial charge >= 0.3 is 11.9 Å². The molecule has 0 bridgehead atoms. The van der Waals surface area contributed by atoms with Crippen LogP contribution in [0.2, 0.25) is 0 Å². The van der Waals surface area contributed by atoms with Gasteiger partial charge in [-0.25, -0.2) is 4.79 Å². The van der Waals surface area contributed by atoms with Crippen molar-refractivity contribution >= 4 is 5.97 Å². The van der Waals surface area contributed by atoms with E-state index in [0.29, 0.717) is 6.42 Å². The molecule has 0 aromatic heterocycles. The topological polar surface area (TPSA) is 65.0 Å². The standard InChI is InChI=1S/C12H12O5/c13-10(14)7-15-12-8-16-11(17-12)6-9-4-2-1-3-5-9/h1-5,8,11H,6-7H2,(H,13,14).